The van der Waals surface area contributed by atoms with Crippen LogP contribution in [0.2, 0.25) is 0 Å². The number of carbonyl (C=O) groups excluding carboxylic acids is 3. The maximum absolute atomic E-state index is 13.7. The van der Waals surface area contributed by atoms with Gasteiger partial charge in [-0.25, -0.2) is 4.39 Å². The highest BCUT2D eigenvalue weighted by Crippen LogP contribution is 2.21. The number of hydrogen-bond donors (Lipinski definition) is 0. The molecule has 0 N–H and O–H groups in total. The number of benzene rings is 1. The van der Waals surface area contributed by atoms with Crippen LogP contribution in [0.15, 0.2) is 24.3 Å². The van der Waals surface area contributed by atoms with Gasteiger partial charge in [0.25, 0.3) is 0 Å². The van der Waals surface area contributed by atoms with E-state index in [-0.39, 0.29) is 30.0 Å². The van der Waals surface area contributed by atoms with Crippen molar-refractivity contribution in [2.75, 3.05) is 39.3 Å². The van der Waals surface area contributed by atoms with Crippen molar-refractivity contribution in [3.63, 3.8) is 0 Å². The number of rotatable bonds is 4. The van der Waals surface area contributed by atoms with Gasteiger partial charge in [0.2, 0.25) is 18.2 Å². The second-order valence-corrected chi connectivity index (χ2v) is 6.89. The van der Waals surface area contributed by atoms with E-state index >= 15 is 0 Å². The normalized spacial score (nSPS) is 18.7. The van der Waals surface area contributed by atoms with Crippen molar-refractivity contribution in [2.45, 2.75) is 19.3 Å². The van der Waals surface area contributed by atoms with Crippen molar-refractivity contribution in [3.8, 4) is 0 Å². The fourth-order valence-electron chi connectivity index (χ4n) is 3.60. The van der Waals surface area contributed by atoms with Crippen LogP contribution in [0.5, 0.6) is 0 Å². The largest absolute Gasteiger partial charge is 0.342 e. The first kappa shape index (κ1) is 18.4. The molecule has 0 atom stereocenters. The summed E-state index contributed by atoms with van der Waals surface area (Å²) in [4.78, 5) is 41.0. The lowest BCUT2D eigenvalue weighted by Crippen LogP contribution is -2.51. The number of halogens is 1. The molecule has 0 saturated carbocycles. The number of amides is 3. The van der Waals surface area contributed by atoms with Crippen LogP contribution in [0.1, 0.15) is 18.4 Å². The molecule has 6 nitrogen and oxygen atoms in total. The number of piperazine rings is 1. The molecule has 3 amide bonds. The van der Waals surface area contributed by atoms with Gasteiger partial charge in [0, 0.05) is 45.2 Å². The molecule has 26 heavy (non-hydrogen) atoms. The standard InChI is InChI=1S/C19H24FN3O3/c20-17-4-2-1-3-16(17)13-18(25)22-7-5-15(6-8-22)19(26)23-11-9-21(14-24)10-12-23/h1-4,14-15H,5-13H2. The van der Waals surface area contributed by atoms with Gasteiger partial charge in [0.15, 0.2) is 0 Å². The summed E-state index contributed by atoms with van der Waals surface area (Å²) in [6.07, 6.45) is 2.14. The van der Waals surface area contributed by atoms with Crippen molar-refractivity contribution >= 4 is 18.2 Å². The van der Waals surface area contributed by atoms with E-state index in [0.717, 1.165) is 6.41 Å². The summed E-state index contributed by atoms with van der Waals surface area (Å²) >= 11 is 0. The molecule has 2 aliphatic heterocycles. The SMILES string of the molecule is O=CN1CCN(C(=O)C2CCN(C(=O)Cc3ccccc3F)CC2)CC1. The lowest BCUT2D eigenvalue weighted by atomic mass is 9.94. The lowest BCUT2D eigenvalue weighted by Gasteiger charge is -2.37. The maximum atomic E-state index is 13.7. The summed E-state index contributed by atoms with van der Waals surface area (Å²) in [5.74, 6) is -0.409. The topological polar surface area (TPSA) is 60.9 Å². The van der Waals surface area contributed by atoms with E-state index in [0.29, 0.717) is 57.7 Å². The van der Waals surface area contributed by atoms with E-state index in [2.05, 4.69) is 0 Å². The van der Waals surface area contributed by atoms with Gasteiger partial charge in [-0.3, -0.25) is 14.4 Å². The molecule has 0 aliphatic carbocycles. The molecule has 1 aromatic rings. The molecule has 7 heteroatoms. The molecular formula is C19H24FN3O3. The monoisotopic (exact) mass is 361 g/mol. The minimum absolute atomic E-state index is 0.0545. The van der Waals surface area contributed by atoms with E-state index < -0.39 is 0 Å². The van der Waals surface area contributed by atoms with Crippen LogP contribution < -0.4 is 0 Å². The van der Waals surface area contributed by atoms with Crippen molar-refractivity contribution in [1.29, 1.82) is 0 Å². The van der Waals surface area contributed by atoms with Crippen molar-refractivity contribution in [1.82, 2.24) is 14.7 Å². The zero-order valence-electron chi connectivity index (χ0n) is 14.8. The third-order valence-corrected chi connectivity index (χ3v) is 5.27. The molecule has 1 aromatic carbocycles. The summed E-state index contributed by atoms with van der Waals surface area (Å²) in [5.41, 5.74) is 0.406. The summed E-state index contributed by atoms with van der Waals surface area (Å²) in [6.45, 7) is 3.36. The van der Waals surface area contributed by atoms with Gasteiger partial charge in [0.1, 0.15) is 5.82 Å². The Morgan fingerprint density at radius 3 is 2.27 bits per heavy atom. The highest BCUT2D eigenvalue weighted by Gasteiger charge is 2.31. The highest BCUT2D eigenvalue weighted by atomic mass is 19.1. The number of piperidine rings is 1. The third kappa shape index (κ3) is 4.20. The quantitative estimate of drug-likeness (QED) is 0.749. The Morgan fingerprint density at radius 1 is 1.00 bits per heavy atom. The van der Waals surface area contributed by atoms with Crippen LogP contribution in [0.25, 0.3) is 0 Å². The molecule has 0 spiro atoms. The summed E-state index contributed by atoms with van der Waals surface area (Å²) in [5, 5.41) is 0. The van der Waals surface area contributed by atoms with E-state index in [9.17, 15) is 18.8 Å². The molecule has 2 saturated heterocycles. The molecule has 2 aliphatic rings. The van der Waals surface area contributed by atoms with Crippen LogP contribution in [0.3, 0.4) is 0 Å². The van der Waals surface area contributed by atoms with Crippen LogP contribution in [0.4, 0.5) is 4.39 Å². The van der Waals surface area contributed by atoms with Crippen molar-refractivity contribution in [3.05, 3.63) is 35.6 Å². The molecule has 0 unspecified atom stereocenters. The van der Waals surface area contributed by atoms with Gasteiger partial charge in [-0.05, 0) is 24.5 Å². The van der Waals surface area contributed by atoms with Crippen LogP contribution in [-0.2, 0) is 20.8 Å². The summed E-state index contributed by atoms with van der Waals surface area (Å²) in [6, 6.07) is 6.32. The molecule has 3 rings (SSSR count). The zero-order chi connectivity index (χ0) is 18.5. The van der Waals surface area contributed by atoms with E-state index in [1.807, 2.05) is 4.90 Å². The van der Waals surface area contributed by atoms with Gasteiger partial charge in [-0.1, -0.05) is 18.2 Å². The predicted molar refractivity (Wildman–Crippen MR) is 93.6 cm³/mol. The van der Waals surface area contributed by atoms with Crippen molar-refractivity contribution in [2.24, 2.45) is 5.92 Å². The Morgan fingerprint density at radius 2 is 1.65 bits per heavy atom. The van der Waals surface area contributed by atoms with Gasteiger partial charge in [-0.15, -0.1) is 0 Å². The zero-order valence-corrected chi connectivity index (χ0v) is 14.8. The van der Waals surface area contributed by atoms with Gasteiger partial charge < -0.3 is 14.7 Å². The molecule has 0 aromatic heterocycles. The Bertz CT molecular complexity index is 666. The first-order valence-corrected chi connectivity index (χ1v) is 9.08. The smallest absolute Gasteiger partial charge is 0.227 e. The predicted octanol–water partition coefficient (Wildman–Crippen LogP) is 0.907. The van der Waals surface area contributed by atoms with E-state index in [1.165, 1.54) is 6.07 Å². The minimum Gasteiger partial charge on any atom is -0.342 e. The molecular weight excluding hydrogens is 337 g/mol. The summed E-state index contributed by atoms with van der Waals surface area (Å²) in [7, 11) is 0. The fraction of sp³-hybridized carbons (Fsp3) is 0.526. The van der Waals surface area contributed by atoms with Gasteiger partial charge in [-0.2, -0.15) is 0 Å². The van der Waals surface area contributed by atoms with Crippen LogP contribution in [0, 0.1) is 11.7 Å². The first-order valence-electron chi connectivity index (χ1n) is 9.08. The number of likely N-dealkylation sites (tertiary alicyclic amines) is 1. The van der Waals surface area contributed by atoms with E-state index in [1.54, 1.807) is 28.0 Å². The molecule has 0 bridgehead atoms. The average Bonchev–Trinajstić information content (AvgIpc) is 2.69. The van der Waals surface area contributed by atoms with Crippen LogP contribution >= 0.6 is 0 Å². The Hall–Kier alpha value is -2.44. The Labute approximate surface area is 152 Å². The van der Waals surface area contributed by atoms with E-state index in [4.69, 9.17) is 0 Å². The maximum Gasteiger partial charge on any atom is 0.227 e. The first-order chi connectivity index (χ1) is 12.6. The Kier molecular flexibility index (Phi) is 5.85. The minimum atomic E-state index is -0.361. The van der Waals surface area contributed by atoms with Crippen molar-refractivity contribution < 1.29 is 18.8 Å². The highest BCUT2D eigenvalue weighted by molar-refractivity contribution is 5.81. The fourth-order valence-corrected chi connectivity index (χ4v) is 3.60. The summed E-state index contributed by atoms with van der Waals surface area (Å²) < 4.78 is 13.7. The number of nitrogens with zero attached hydrogens (tertiary/aromatic N) is 3. The Balaban J connectivity index is 1.48. The van der Waals surface area contributed by atoms with Gasteiger partial charge >= 0.3 is 0 Å². The van der Waals surface area contributed by atoms with Gasteiger partial charge in [0.05, 0.1) is 6.42 Å². The third-order valence-electron chi connectivity index (χ3n) is 5.27. The molecule has 140 valence electrons. The number of hydrogen-bond acceptors (Lipinski definition) is 3. The lowest BCUT2D eigenvalue weighted by molar-refractivity contribution is -0.142. The second-order valence-electron chi connectivity index (χ2n) is 6.89. The van der Waals surface area contributed by atoms with Crippen LogP contribution in [-0.4, -0.2) is 72.2 Å². The molecule has 2 fully saturated rings. The molecule has 2 heterocycles. The number of carbonyl (C=O) groups is 3. The molecule has 0 radical (unpaired) electrons. The second kappa shape index (κ2) is 8.29. The average molecular weight is 361 g/mol.